The van der Waals surface area contributed by atoms with Gasteiger partial charge in [-0.1, -0.05) is 0 Å². The molecule has 6 heteroatoms. The molecule has 2 rings (SSSR count). The summed E-state index contributed by atoms with van der Waals surface area (Å²) in [5, 5.41) is 0. The number of carbonyl (C=O) groups is 1. The summed E-state index contributed by atoms with van der Waals surface area (Å²) in [5.41, 5.74) is -0.442. The van der Waals surface area contributed by atoms with Gasteiger partial charge >= 0.3 is 6.09 Å². The lowest BCUT2D eigenvalue weighted by Gasteiger charge is -2.32. The van der Waals surface area contributed by atoms with Crippen molar-refractivity contribution in [3.63, 3.8) is 0 Å². The zero-order valence-corrected chi connectivity index (χ0v) is 11.7. The molecule has 0 aliphatic carbocycles. The highest BCUT2D eigenvalue weighted by Crippen LogP contribution is 2.25. The molecule has 1 aliphatic rings. The zero-order chi connectivity index (χ0) is 13.9. The Balaban J connectivity index is 1.88. The molecule has 6 nitrogen and oxygen atoms in total. The van der Waals surface area contributed by atoms with Crippen molar-refractivity contribution in [3.05, 3.63) is 18.5 Å². The predicted octanol–water partition coefficient (Wildman–Crippen LogP) is 1.99. The van der Waals surface area contributed by atoms with Gasteiger partial charge in [0.2, 0.25) is 0 Å². The first-order valence-corrected chi connectivity index (χ1v) is 6.55. The number of hydrogen-bond acceptors (Lipinski definition) is 5. The highest BCUT2D eigenvalue weighted by Gasteiger charge is 2.28. The van der Waals surface area contributed by atoms with Crippen molar-refractivity contribution in [2.24, 2.45) is 0 Å². The largest absolute Gasteiger partial charge is 0.444 e. The maximum atomic E-state index is 11.9. The van der Waals surface area contributed by atoms with Crippen LogP contribution in [0.5, 0.6) is 0 Å². The molecule has 2 heterocycles. The monoisotopic (exact) mass is 264 g/mol. The van der Waals surface area contributed by atoms with E-state index in [-0.39, 0.29) is 6.09 Å². The van der Waals surface area contributed by atoms with E-state index in [1.165, 1.54) is 12.7 Å². The summed E-state index contributed by atoms with van der Waals surface area (Å²) in [4.78, 5) is 25.8. The van der Waals surface area contributed by atoms with Crippen molar-refractivity contribution in [1.29, 1.82) is 0 Å². The Morgan fingerprint density at radius 2 is 1.84 bits per heavy atom. The van der Waals surface area contributed by atoms with Crippen molar-refractivity contribution >= 4 is 6.09 Å². The second-order valence-electron chi connectivity index (χ2n) is 5.74. The fourth-order valence-electron chi connectivity index (χ4n) is 2.11. The van der Waals surface area contributed by atoms with Crippen molar-refractivity contribution in [1.82, 2.24) is 19.9 Å². The number of amides is 1. The maximum Gasteiger partial charge on any atom is 0.410 e. The van der Waals surface area contributed by atoms with Gasteiger partial charge in [0.1, 0.15) is 24.1 Å². The third kappa shape index (κ3) is 3.87. The van der Waals surface area contributed by atoms with Crippen LogP contribution in [0.3, 0.4) is 0 Å². The average molecular weight is 264 g/mol. The summed E-state index contributed by atoms with van der Waals surface area (Å²) in [6.45, 7) is 7.00. The van der Waals surface area contributed by atoms with E-state index in [1.807, 2.05) is 20.8 Å². The van der Waals surface area contributed by atoms with Gasteiger partial charge in [-0.3, -0.25) is 0 Å². The first kappa shape index (κ1) is 13.7. The second-order valence-corrected chi connectivity index (χ2v) is 5.74. The molecule has 1 aliphatic heterocycles. The highest BCUT2D eigenvalue weighted by atomic mass is 16.6. The standard InChI is InChI=1S/C13H20N4O2/c1-13(2,3)19-12(18)17-6-4-10(5-7-17)11-15-8-14-9-16-11/h8-10H,4-7H2,1-3H3. The van der Waals surface area contributed by atoms with Crippen LogP contribution < -0.4 is 0 Å². The second kappa shape index (κ2) is 5.50. The van der Waals surface area contributed by atoms with Gasteiger partial charge in [0.15, 0.2) is 0 Å². The van der Waals surface area contributed by atoms with Gasteiger partial charge in [-0.05, 0) is 33.6 Å². The molecule has 19 heavy (non-hydrogen) atoms. The molecule has 0 spiro atoms. The molecule has 1 aromatic heterocycles. The summed E-state index contributed by atoms with van der Waals surface area (Å²) >= 11 is 0. The predicted molar refractivity (Wildman–Crippen MR) is 69.6 cm³/mol. The summed E-state index contributed by atoms with van der Waals surface area (Å²) in [6.07, 6.45) is 4.53. The van der Waals surface area contributed by atoms with Crippen LogP contribution in [0.4, 0.5) is 4.79 Å². The van der Waals surface area contributed by atoms with E-state index in [1.54, 1.807) is 4.90 Å². The number of nitrogens with zero attached hydrogens (tertiary/aromatic N) is 4. The first-order chi connectivity index (χ1) is 8.96. The Labute approximate surface area is 113 Å². The molecule has 0 saturated carbocycles. The van der Waals surface area contributed by atoms with Crippen LogP contribution in [-0.2, 0) is 4.74 Å². The molecule has 0 bridgehead atoms. The molecule has 0 radical (unpaired) electrons. The Hall–Kier alpha value is -1.72. The van der Waals surface area contributed by atoms with E-state index in [0.717, 1.165) is 18.7 Å². The lowest BCUT2D eigenvalue weighted by atomic mass is 9.96. The van der Waals surface area contributed by atoms with Crippen LogP contribution in [0.15, 0.2) is 12.7 Å². The minimum absolute atomic E-state index is 0.235. The van der Waals surface area contributed by atoms with Crippen molar-refractivity contribution in [2.75, 3.05) is 13.1 Å². The van der Waals surface area contributed by atoms with E-state index < -0.39 is 5.60 Å². The van der Waals surface area contributed by atoms with Gasteiger partial charge in [0.25, 0.3) is 0 Å². The van der Waals surface area contributed by atoms with Crippen LogP contribution >= 0.6 is 0 Å². The molecule has 0 aromatic carbocycles. The molecular weight excluding hydrogens is 244 g/mol. The van der Waals surface area contributed by atoms with E-state index in [9.17, 15) is 4.79 Å². The summed E-state index contributed by atoms with van der Waals surface area (Å²) in [7, 11) is 0. The third-order valence-corrected chi connectivity index (χ3v) is 3.03. The number of hydrogen-bond donors (Lipinski definition) is 0. The van der Waals surface area contributed by atoms with E-state index in [0.29, 0.717) is 19.0 Å². The molecule has 104 valence electrons. The number of carbonyl (C=O) groups excluding carboxylic acids is 1. The van der Waals surface area contributed by atoms with Crippen LogP contribution in [0.25, 0.3) is 0 Å². The lowest BCUT2D eigenvalue weighted by Crippen LogP contribution is -2.41. The van der Waals surface area contributed by atoms with Crippen LogP contribution in [0.2, 0.25) is 0 Å². The molecular formula is C13H20N4O2. The number of ether oxygens (including phenoxy) is 1. The molecule has 1 amide bonds. The smallest absolute Gasteiger partial charge is 0.410 e. The topological polar surface area (TPSA) is 68.2 Å². The fraction of sp³-hybridized carbons (Fsp3) is 0.692. The molecule has 1 aromatic rings. The lowest BCUT2D eigenvalue weighted by molar-refractivity contribution is 0.0203. The Morgan fingerprint density at radius 3 is 2.37 bits per heavy atom. The molecule has 0 unspecified atom stereocenters. The Bertz CT molecular complexity index is 422. The molecule has 1 fully saturated rings. The zero-order valence-electron chi connectivity index (χ0n) is 11.7. The van der Waals surface area contributed by atoms with Crippen molar-refractivity contribution < 1.29 is 9.53 Å². The van der Waals surface area contributed by atoms with E-state index >= 15 is 0 Å². The van der Waals surface area contributed by atoms with Gasteiger partial charge in [0, 0.05) is 19.0 Å². The Kier molecular flexibility index (Phi) is 3.97. The minimum Gasteiger partial charge on any atom is -0.444 e. The number of rotatable bonds is 1. The SMILES string of the molecule is CC(C)(C)OC(=O)N1CCC(c2ncncn2)CC1. The Morgan fingerprint density at radius 1 is 1.26 bits per heavy atom. The minimum atomic E-state index is -0.442. The van der Waals surface area contributed by atoms with Gasteiger partial charge in [-0.2, -0.15) is 0 Å². The molecule has 0 atom stereocenters. The van der Waals surface area contributed by atoms with E-state index in [2.05, 4.69) is 15.0 Å². The van der Waals surface area contributed by atoms with Crippen LogP contribution in [0, 0.1) is 0 Å². The first-order valence-electron chi connectivity index (χ1n) is 6.55. The third-order valence-electron chi connectivity index (χ3n) is 3.03. The van der Waals surface area contributed by atoms with Gasteiger partial charge in [-0.25, -0.2) is 19.7 Å². The normalized spacial score (nSPS) is 17.3. The van der Waals surface area contributed by atoms with Crippen LogP contribution in [-0.4, -0.2) is 44.6 Å². The summed E-state index contributed by atoms with van der Waals surface area (Å²) < 4.78 is 5.36. The molecule has 1 saturated heterocycles. The quantitative estimate of drug-likeness (QED) is 0.776. The van der Waals surface area contributed by atoms with Gasteiger partial charge in [0.05, 0.1) is 0 Å². The molecule has 0 N–H and O–H groups in total. The van der Waals surface area contributed by atoms with Crippen molar-refractivity contribution in [2.45, 2.75) is 45.1 Å². The number of aromatic nitrogens is 3. The average Bonchev–Trinajstić information content (AvgIpc) is 2.38. The summed E-state index contributed by atoms with van der Waals surface area (Å²) in [5.74, 6) is 1.13. The van der Waals surface area contributed by atoms with Crippen LogP contribution in [0.1, 0.15) is 45.4 Å². The van der Waals surface area contributed by atoms with Gasteiger partial charge in [-0.15, -0.1) is 0 Å². The van der Waals surface area contributed by atoms with Crippen molar-refractivity contribution in [3.8, 4) is 0 Å². The highest BCUT2D eigenvalue weighted by molar-refractivity contribution is 5.68. The number of piperidine rings is 1. The maximum absolute atomic E-state index is 11.9. The fourth-order valence-corrected chi connectivity index (χ4v) is 2.11. The summed E-state index contributed by atoms with van der Waals surface area (Å²) in [6, 6.07) is 0. The van der Waals surface area contributed by atoms with Gasteiger partial charge < -0.3 is 9.64 Å². The number of likely N-dealkylation sites (tertiary alicyclic amines) is 1. The van der Waals surface area contributed by atoms with E-state index in [4.69, 9.17) is 4.74 Å².